The number of nitrogens with zero attached hydrogens (tertiary/aromatic N) is 1. The molecule has 0 saturated heterocycles. The van der Waals surface area contributed by atoms with E-state index in [9.17, 15) is 9.50 Å². The van der Waals surface area contributed by atoms with Gasteiger partial charge in [0, 0.05) is 6.20 Å². The van der Waals surface area contributed by atoms with Crippen molar-refractivity contribution >= 4 is 0 Å². The largest absolute Gasteiger partial charge is 0.382 e. The first kappa shape index (κ1) is 9.80. The molecule has 76 valence electrons. The Morgan fingerprint density at radius 3 is 2.47 bits per heavy atom. The molecule has 0 bridgehead atoms. The van der Waals surface area contributed by atoms with E-state index in [4.69, 9.17) is 0 Å². The van der Waals surface area contributed by atoms with Crippen molar-refractivity contribution < 1.29 is 9.50 Å². The minimum absolute atomic E-state index is 0.0590. The molecule has 0 aliphatic carbocycles. The van der Waals surface area contributed by atoms with Gasteiger partial charge >= 0.3 is 0 Å². The number of aliphatic hydroxyl groups excluding tert-OH is 1. The van der Waals surface area contributed by atoms with Gasteiger partial charge in [0.2, 0.25) is 0 Å². The molecule has 15 heavy (non-hydrogen) atoms. The third-order valence-electron chi connectivity index (χ3n) is 2.16. The van der Waals surface area contributed by atoms with E-state index >= 15 is 0 Å². The predicted octanol–water partition coefficient (Wildman–Crippen LogP) is 2.30. The molecule has 0 spiro atoms. The first-order valence-electron chi connectivity index (χ1n) is 4.62. The normalized spacial score (nSPS) is 12.4. The van der Waals surface area contributed by atoms with Crippen LogP contribution in [-0.2, 0) is 0 Å². The Kier molecular flexibility index (Phi) is 2.74. The lowest BCUT2D eigenvalue weighted by atomic mass is 10.1. The van der Waals surface area contributed by atoms with E-state index in [1.54, 1.807) is 24.3 Å². The zero-order chi connectivity index (χ0) is 10.7. The van der Waals surface area contributed by atoms with Crippen molar-refractivity contribution in [3.05, 3.63) is 65.7 Å². The number of hydrogen-bond acceptors (Lipinski definition) is 2. The van der Waals surface area contributed by atoms with E-state index in [-0.39, 0.29) is 5.69 Å². The second-order valence-corrected chi connectivity index (χ2v) is 3.18. The molecule has 3 heteroatoms. The molecule has 0 radical (unpaired) electrons. The molecule has 1 N–H and O–H groups in total. The Bertz CT molecular complexity index is 444. The van der Waals surface area contributed by atoms with Gasteiger partial charge in [0.05, 0.1) is 0 Å². The average molecular weight is 203 g/mol. The third kappa shape index (κ3) is 2.02. The Morgan fingerprint density at radius 2 is 1.80 bits per heavy atom. The highest BCUT2D eigenvalue weighted by molar-refractivity contribution is 5.25. The van der Waals surface area contributed by atoms with Gasteiger partial charge in [-0.3, -0.25) is 4.98 Å². The minimum Gasteiger partial charge on any atom is -0.382 e. The van der Waals surface area contributed by atoms with Crippen LogP contribution < -0.4 is 0 Å². The number of benzene rings is 1. The van der Waals surface area contributed by atoms with E-state index in [2.05, 4.69) is 4.98 Å². The number of pyridine rings is 1. The molecule has 1 unspecified atom stereocenters. The second-order valence-electron chi connectivity index (χ2n) is 3.18. The van der Waals surface area contributed by atoms with Gasteiger partial charge in [-0.15, -0.1) is 0 Å². The quantitative estimate of drug-likeness (QED) is 0.812. The van der Waals surface area contributed by atoms with Crippen molar-refractivity contribution in [1.82, 2.24) is 4.98 Å². The predicted molar refractivity (Wildman–Crippen MR) is 54.7 cm³/mol. The molecule has 2 nitrogen and oxygen atoms in total. The van der Waals surface area contributed by atoms with Gasteiger partial charge in [0.15, 0.2) is 0 Å². The van der Waals surface area contributed by atoms with Crippen LogP contribution in [0.15, 0.2) is 48.7 Å². The lowest BCUT2D eigenvalue weighted by molar-refractivity contribution is 0.209. The van der Waals surface area contributed by atoms with Gasteiger partial charge in [-0.05, 0) is 17.7 Å². The molecule has 1 heterocycles. The third-order valence-corrected chi connectivity index (χ3v) is 2.16. The summed E-state index contributed by atoms with van der Waals surface area (Å²) in [5, 5.41) is 9.87. The maximum Gasteiger partial charge on any atom is 0.147 e. The summed E-state index contributed by atoms with van der Waals surface area (Å²) in [4.78, 5) is 3.83. The molecule has 1 atom stereocenters. The molecule has 2 rings (SSSR count). The van der Waals surface area contributed by atoms with E-state index in [1.165, 1.54) is 18.3 Å². The van der Waals surface area contributed by atoms with Crippen LogP contribution in [0.1, 0.15) is 17.4 Å². The van der Waals surface area contributed by atoms with Crippen molar-refractivity contribution in [2.75, 3.05) is 0 Å². The summed E-state index contributed by atoms with van der Waals surface area (Å²) in [6.07, 6.45) is 0.456. The number of aliphatic hydroxyl groups is 1. The highest BCUT2D eigenvalue weighted by atomic mass is 19.1. The zero-order valence-electron chi connectivity index (χ0n) is 7.97. The van der Waals surface area contributed by atoms with Gasteiger partial charge < -0.3 is 5.11 Å². The van der Waals surface area contributed by atoms with Crippen LogP contribution in [0.5, 0.6) is 0 Å². The molecule has 1 aromatic heterocycles. The zero-order valence-corrected chi connectivity index (χ0v) is 7.97. The fourth-order valence-corrected chi connectivity index (χ4v) is 1.39. The van der Waals surface area contributed by atoms with E-state index in [0.717, 1.165) is 0 Å². The molecule has 0 saturated carbocycles. The molecule has 2 aromatic rings. The summed E-state index contributed by atoms with van der Waals surface area (Å²) in [5.41, 5.74) is 0.693. The monoisotopic (exact) mass is 203 g/mol. The van der Waals surface area contributed by atoms with Crippen molar-refractivity contribution in [2.45, 2.75) is 6.10 Å². The lowest BCUT2D eigenvalue weighted by Gasteiger charge is -2.10. The maximum absolute atomic E-state index is 13.3. The van der Waals surface area contributed by atoms with Crippen molar-refractivity contribution in [2.24, 2.45) is 0 Å². The molecular formula is C12H10FNO. The van der Waals surface area contributed by atoms with Crippen molar-refractivity contribution in [3.8, 4) is 0 Å². The van der Waals surface area contributed by atoms with E-state index < -0.39 is 11.9 Å². The number of halogens is 1. The van der Waals surface area contributed by atoms with Gasteiger partial charge in [0.25, 0.3) is 0 Å². The molecule has 0 aliphatic heterocycles. The van der Waals surface area contributed by atoms with Gasteiger partial charge in [0.1, 0.15) is 17.6 Å². The summed E-state index contributed by atoms with van der Waals surface area (Å²) in [6.45, 7) is 0. The summed E-state index contributed by atoms with van der Waals surface area (Å²) < 4.78 is 13.3. The minimum atomic E-state index is -1.01. The first-order valence-corrected chi connectivity index (χ1v) is 4.62. The number of hydrogen-bond donors (Lipinski definition) is 1. The Balaban J connectivity index is 2.37. The number of rotatable bonds is 2. The second kappa shape index (κ2) is 4.19. The van der Waals surface area contributed by atoms with Gasteiger partial charge in [-0.25, -0.2) is 4.39 Å². The molecule has 0 aliphatic rings. The Morgan fingerprint density at radius 1 is 1.07 bits per heavy atom. The standard InChI is InChI=1S/C12H10FNO/c13-10-7-4-8-14-11(10)12(15)9-5-2-1-3-6-9/h1-8,12,15H. The highest BCUT2D eigenvalue weighted by Gasteiger charge is 2.15. The molecule has 0 amide bonds. The Hall–Kier alpha value is -1.74. The summed E-state index contributed by atoms with van der Waals surface area (Å²) in [7, 11) is 0. The topological polar surface area (TPSA) is 33.1 Å². The first-order chi connectivity index (χ1) is 7.29. The van der Waals surface area contributed by atoms with Gasteiger partial charge in [-0.1, -0.05) is 30.3 Å². The van der Waals surface area contributed by atoms with Crippen LogP contribution in [0.3, 0.4) is 0 Å². The maximum atomic E-state index is 13.3. The van der Waals surface area contributed by atoms with Crippen LogP contribution >= 0.6 is 0 Å². The summed E-state index contributed by atoms with van der Waals surface area (Å²) >= 11 is 0. The van der Waals surface area contributed by atoms with Crippen LogP contribution in [0.2, 0.25) is 0 Å². The smallest absolute Gasteiger partial charge is 0.147 e. The molecule has 1 aromatic carbocycles. The Labute approximate surface area is 87.0 Å². The molecular weight excluding hydrogens is 193 g/mol. The average Bonchev–Trinajstić information content (AvgIpc) is 2.30. The van der Waals surface area contributed by atoms with Crippen molar-refractivity contribution in [3.63, 3.8) is 0 Å². The van der Waals surface area contributed by atoms with Crippen LogP contribution in [0.4, 0.5) is 4.39 Å². The van der Waals surface area contributed by atoms with Crippen LogP contribution in [0.25, 0.3) is 0 Å². The van der Waals surface area contributed by atoms with E-state index in [1.807, 2.05) is 6.07 Å². The highest BCUT2D eigenvalue weighted by Crippen LogP contribution is 2.21. The van der Waals surface area contributed by atoms with Crippen LogP contribution in [0, 0.1) is 5.82 Å². The molecule has 0 fully saturated rings. The van der Waals surface area contributed by atoms with Crippen LogP contribution in [-0.4, -0.2) is 10.1 Å². The van der Waals surface area contributed by atoms with E-state index in [0.29, 0.717) is 5.56 Å². The number of aromatic nitrogens is 1. The lowest BCUT2D eigenvalue weighted by Crippen LogP contribution is -2.04. The fourth-order valence-electron chi connectivity index (χ4n) is 1.39. The summed E-state index contributed by atoms with van der Waals surface area (Å²) in [6, 6.07) is 11.7. The SMILES string of the molecule is OC(c1ccccc1)c1ncccc1F. The fraction of sp³-hybridized carbons (Fsp3) is 0.0833. The van der Waals surface area contributed by atoms with Crippen molar-refractivity contribution in [1.29, 1.82) is 0 Å². The van der Waals surface area contributed by atoms with Gasteiger partial charge in [-0.2, -0.15) is 0 Å². The summed E-state index contributed by atoms with van der Waals surface area (Å²) in [5.74, 6) is -0.492.